The van der Waals surface area contributed by atoms with Gasteiger partial charge in [-0.25, -0.2) is 14.8 Å². The molecule has 198 valence electrons. The van der Waals surface area contributed by atoms with Crippen LogP contribution in [0.2, 0.25) is 0 Å². The van der Waals surface area contributed by atoms with Crippen molar-refractivity contribution in [2.45, 2.75) is 57.5 Å². The van der Waals surface area contributed by atoms with E-state index in [1.165, 1.54) is 17.3 Å². The maximum absolute atomic E-state index is 13.4. The summed E-state index contributed by atoms with van der Waals surface area (Å²) < 4.78 is 49.5. The zero-order valence-corrected chi connectivity index (χ0v) is 21.5. The summed E-state index contributed by atoms with van der Waals surface area (Å²) in [5, 5.41) is 0.580. The summed E-state index contributed by atoms with van der Waals surface area (Å²) in [6, 6.07) is 0.826. The van der Waals surface area contributed by atoms with E-state index in [4.69, 9.17) is 9.47 Å². The molecule has 4 rings (SSSR count). The molecule has 2 aliphatic heterocycles. The molecule has 2 atom stereocenters. The molecule has 2 fully saturated rings. The van der Waals surface area contributed by atoms with Crippen molar-refractivity contribution in [3.8, 4) is 0 Å². The Morgan fingerprint density at radius 1 is 1.14 bits per heavy atom. The summed E-state index contributed by atoms with van der Waals surface area (Å²) in [6.07, 6.45) is -4.37. The number of nitrogens with zero attached hydrogens (tertiary/aromatic N) is 5. The van der Waals surface area contributed by atoms with Gasteiger partial charge in [0.05, 0.1) is 24.5 Å². The SMILES string of the molecule is CO[C@@H]1C[C@@H](C(=O)N2CCN(c3ncnc4sc(CC(F)(F)F)cc34)CC2)N(C(=O)OC(C)(C)C)C1. The summed E-state index contributed by atoms with van der Waals surface area (Å²) in [5.41, 5.74) is -0.689. The Labute approximate surface area is 211 Å². The van der Waals surface area contributed by atoms with Crippen LogP contribution in [0.3, 0.4) is 0 Å². The van der Waals surface area contributed by atoms with Gasteiger partial charge in [0.2, 0.25) is 5.91 Å². The van der Waals surface area contributed by atoms with Crippen LogP contribution in [0.1, 0.15) is 32.1 Å². The third-order valence-corrected chi connectivity index (χ3v) is 7.18. The fourth-order valence-corrected chi connectivity index (χ4v) is 5.52. The van der Waals surface area contributed by atoms with Crippen molar-refractivity contribution in [3.05, 3.63) is 17.3 Å². The van der Waals surface area contributed by atoms with Crippen LogP contribution < -0.4 is 4.90 Å². The number of fused-ring (bicyclic) bond motifs is 1. The monoisotopic (exact) mass is 529 g/mol. The first-order valence-electron chi connectivity index (χ1n) is 11.7. The number of aromatic nitrogens is 2. The van der Waals surface area contributed by atoms with Gasteiger partial charge in [0.1, 0.15) is 28.6 Å². The van der Waals surface area contributed by atoms with Gasteiger partial charge in [-0.3, -0.25) is 9.69 Å². The highest BCUT2D eigenvalue weighted by Crippen LogP contribution is 2.34. The Morgan fingerprint density at radius 2 is 1.83 bits per heavy atom. The Bertz CT molecular complexity index is 1110. The van der Waals surface area contributed by atoms with E-state index in [0.29, 0.717) is 48.6 Å². The first-order valence-corrected chi connectivity index (χ1v) is 12.5. The van der Waals surface area contributed by atoms with Crippen LogP contribution in [0, 0.1) is 0 Å². The van der Waals surface area contributed by atoms with Gasteiger partial charge in [0, 0.05) is 44.6 Å². The Balaban J connectivity index is 1.44. The summed E-state index contributed by atoms with van der Waals surface area (Å²) in [7, 11) is 1.55. The van der Waals surface area contributed by atoms with E-state index >= 15 is 0 Å². The van der Waals surface area contributed by atoms with E-state index in [9.17, 15) is 22.8 Å². The maximum atomic E-state index is 13.4. The summed E-state index contributed by atoms with van der Waals surface area (Å²) in [4.78, 5) is 40.4. The highest BCUT2D eigenvalue weighted by Gasteiger charge is 2.43. The molecule has 0 aromatic carbocycles. The van der Waals surface area contributed by atoms with Crippen LogP contribution in [-0.2, 0) is 20.7 Å². The lowest BCUT2D eigenvalue weighted by atomic mass is 10.1. The van der Waals surface area contributed by atoms with Crippen LogP contribution in [0.25, 0.3) is 10.2 Å². The number of thiophene rings is 1. The lowest BCUT2D eigenvalue weighted by molar-refractivity contribution is -0.136. The van der Waals surface area contributed by atoms with E-state index in [1.807, 2.05) is 4.90 Å². The summed E-state index contributed by atoms with van der Waals surface area (Å²) in [5.74, 6) is 0.392. The number of likely N-dealkylation sites (tertiary alicyclic amines) is 1. The number of amides is 2. The molecule has 13 heteroatoms. The van der Waals surface area contributed by atoms with Crippen molar-refractivity contribution in [2.24, 2.45) is 0 Å². The van der Waals surface area contributed by atoms with Crippen molar-refractivity contribution in [1.29, 1.82) is 0 Å². The number of piperazine rings is 1. The number of hydrogen-bond acceptors (Lipinski definition) is 8. The molecule has 9 nitrogen and oxygen atoms in total. The van der Waals surface area contributed by atoms with Gasteiger partial charge in [-0.05, 0) is 26.8 Å². The van der Waals surface area contributed by atoms with Gasteiger partial charge in [0.15, 0.2) is 0 Å². The lowest BCUT2D eigenvalue weighted by Crippen LogP contribution is -2.55. The molecule has 0 unspecified atom stereocenters. The van der Waals surface area contributed by atoms with E-state index in [-0.39, 0.29) is 23.4 Å². The minimum Gasteiger partial charge on any atom is -0.444 e. The van der Waals surface area contributed by atoms with Crippen LogP contribution in [0.15, 0.2) is 12.4 Å². The predicted molar refractivity (Wildman–Crippen MR) is 128 cm³/mol. The standard InChI is InChI=1S/C23H30F3N5O4S/c1-22(2,3)35-21(33)31-12-14(34-4)9-17(31)20(32)30-7-5-29(6-8-30)18-16-10-15(11-23(24,25)26)36-19(16)28-13-27-18/h10,13-14,17H,5-9,11-12H2,1-4H3/t14-,17+/m1/s1. The molecule has 2 aromatic rings. The molecule has 2 aliphatic rings. The molecule has 2 aromatic heterocycles. The zero-order chi connectivity index (χ0) is 26.3. The van der Waals surface area contributed by atoms with E-state index in [2.05, 4.69) is 9.97 Å². The van der Waals surface area contributed by atoms with Gasteiger partial charge < -0.3 is 19.3 Å². The topological polar surface area (TPSA) is 88.1 Å². The molecule has 36 heavy (non-hydrogen) atoms. The number of alkyl halides is 3. The minimum atomic E-state index is -4.30. The number of hydrogen-bond donors (Lipinski definition) is 0. The van der Waals surface area contributed by atoms with Crippen molar-refractivity contribution < 1.29 is 32.2 Å². The minimum absolute atomic E-state index is 0.170. The zero-order valence-electron chi connectivity index (χ0n) is 20.7. The second kappa shape index (κ2) is 10.0. The van der Waals surface area contributed by atoms with Gasteiger partial charge in [-0.1, -0.05) is 0 Å². The van der Waals surface area contributed by atoms with Crippen LogP contribution >= 0.6 is 11.3 Å². The molecule has 2 amide bonds. The Morgan fingerprint density at radius 3 is 2.44 bits per heavy atom. The van der Waals surface area contributed by atoms with Crippen LogP contribution in [0.4, 0.5) is 23.8 Å². The van der Waals surface area contributed by atoms with Crippen molar-refractivity contribution in [1.82, 2.24) is 19.8 Å². The van der Waals surface area contributed by atoms with Gasteiger partial charge in [0.25, 0.3) is 0 Å². The molecule has 2 saturated heterocycles. The fraction of sp³-hybridized carbons (Fsp3) is 0.652. The number of ether oxygens (including phenoxy) is 2. The smallest absolute Gasteiger partial charge is 0.411 e. The highest BCUT2D eigenvalue weighted by atomic mass is 32.1. The van der Waals surface area contributed by atoms with Crippen LogP contribution in [-0.4, -0.2) is 95.5 Å². The third kappa shape index (κ3) is 6.00. The Kier molecular flexibility index (Phi) is 7.33. The largest absolute Gasteiger partial charge is 0.444 e. The second-order valence-electron chi connectivity index (χ2n) is 9.98. The van der Waals surface area contributed by atoms with E-state index < -0.39 is 30.3 Å². The van der Waals surface area contributed by atoms with Crippen LogP contribution in [0.5, 0.6) is 0 Å². The lowest BCUT2D eigenvalue weighted by Gasteiger charge is -2.38. The number of carbonyl (C=O) groups excluding carboxylic acids is 2. The second-order valence-corrected chi connectivity index (χ2v) is 11.1. The molecule has 0 aliphatic carbocycles. The van der Waals surface area contributed by atoms with E-state index in [0.717, 1.165) is 11.3 Å². The maximum Gasteiger partial charge on any atom is 0.411 e. The summed E-state index contributed by atoms with van der Waals surface area (Å²) in [6.45, 7) is 7.28. The molecule has 0 spiro atoms. The normalized spacial score (nSPS) is 21.4. The first kappa shape index (κ1) is 26.4. The molecule has 0 bridgehead atoms. The van der Waals surface area contributed by atoms with Crippen molar-refractivity contribution in [3.63, 3.8) is 0 Å². The fourth-order valence-electron chi connectivity index (χ4n) is 4.50. The number of rotatable bonds is 4. The Hall–Kier alpha value is -2.67. The number of anilines is 1. The van der Waals surface area contributed by atoms with Crippen molar-refractivity contribution >= 4 is 39.4 Å². The molecule has 0 N–H and O–H groups in total. The van der Waals surface area contributed by atoms with Gasteiger partial charge in [-0.2, -0.15) is 13.2 Å². The average molecular weight is 530 g/mol. The average Bonchev–Trinajstić information content (AvgIpc) is 3.40. The molecule has 4 heterocycles. The third-order valence-electron chi connectivity index (χ3n) is 6.13. The molecular weight excluding hydrogens is 499 g/mol. The number of halogens is 3. The first-order chi connectivity index (χ1) is 16.8. The molecule has 0 radical (unpaired) electrons. The van der Waals surface area contributed by atoms with Crippen molar-refractivity contribution in [2.75, 3.05) is 44.7 Å². The number of methoxy groups -OCH3 is 1. The number of carbonyl (C=O) groups is 2. The highest BCUT2D eigenvalue weighted by molar-refractivity contribution is 7.18. The quantitative estimate of drug-likeness (QED) is 0.599. The molecular formula is C23H30F3N5O4S. The summed E-state index contributed by atoms with van der Waals surface area (Å²) >= 11 is 1.01. The van der Waals surface area contributed by atoms with Gasteiger partial charge >= 0.3 is 12.3 Å². The molecule has 0 saturated carbocycles. The van der Waals surface area contributed by atoms with Gasteiger partial charge in [-0.15, -0.1) is 11.3 Å². The predicted octanol–water partition coefficient (Wildman–Crippen LogP) is 3.47. The van der Waals surface area contributed by atoms with E-state index in [1.54, 1.807) is 32.8 Å².